The molecule has 7 nitrogen and oxygen atoms in total. The summed E-state index contributed by atoms with van der Waals surface area (Å²) in [5, 5.41) is 6.18. The lowest BCUT2D eigenvalue weighted by atomic mass is 10.2. The van der Waals surface area contributed by atoms with E-state index >= 15 is 0 Å². The Hall–Kier alpha value is -2.17. The molecule has 10 heteroatoms. The normalized spacial score (nSPS) is 12.1. The topological polar surface area (TPSA) is 101 Å². The number of alkyl carbamates (subject to hydrolysis) is 1. The molecule has 0 saturated carbocycles. The number of H-pyrrole nitrogens is 1. The summed E-state index contributed by atoms with van der Waals surface area (Å²) in [6, 6.07) is 3.88. The minimum Gasteiger partial charge on any atom is -0.453 e. The van der Waals surface area contributed by atoms with Gasteiger partial charge in [-0.3, -0.25) is 14.9 Å². The van der Waals surface area contributed by atoms with Crippen LogP contribution in [0, 0.1) is 0 Å². The maximum absolute atomic E-state index is 12.5. The zero-order valence-electron chi connectivity index (χ0n) is 13.2. The number of carbonyl (C=O) groups excluding carboxylic acids is 2. The van der Waals surface area contributed by atoms with Gasteiger partial charge in [-0.05, 0) is 18.4 Å². The second kappa shape index (κ2) is 7.38. The largest absolute Gasteiger partial charge is 0.453 e. The van der Waals surface area contributed by atoms with E-state index in [0.29, 0.717) is 15.4 Å². The van der Waals surface area contributed by atoms with Crippen LogP contribution in [-0.4, -0.2) is 34.3 Å². The van der Waals surface area contributed by atoms with E-state index in [1.807, 2.05) is 22.9 Å². The molecule has 0 bridgehead atoms. The van der Waals surface area contributed by atoms with E-state index in [2.05, 4.69) is 20.0 Å². The lowest BCUT2D eigenvalue weighted by Gasteiger charge is -2.09. The molecule has 0 unspecified atom stereocenters. The van der Waals surface area contributed by atoms with Crippen LogP contribution in [0.1, 0.15) is 6.92 Å². The van der Waals surface area contributed by atoms with Gasteiger partial charge < -0.3 is 9.72 Å². The molecule has 0 aliphatic carbocycles. The Morgan fingerprint density at radius 1 is 1.40 bits per heavy atom. The van der Waals surface area contributed by atoms with Crippen LogP contribution in [0.25, 0.3) is 20.7 Å². The van der Waals surface area contributed by atoms with E-state index in [4.69, 9.17) is 0 Å². The first-order chi connectivity index (χ1) is 12.0. The molecule has 1 atom stereocenters. The summed E-state index contributed by atoms with van der Waals surface area (Å²) in [6.07, 6.45) is -0.826. The van der Waals surface area contributed by atoms with E-state index in [-0.39, 0.29) is 5.56 Å². The van der Waals surface area contributed by atoms with Gasteiger partial charge in [-0.2, -0.15) is 0 Å². The molecule has 130 valence electrons. The van der Waals surface area contributed by atoms with Crippen molar-refractivity contribution in [2.24, 2.45) is 0 Å². The molecule has 0 saturated heterocycles. The first-order valence-corrected chi connectivity index (χ1v) is 9.74. The van der Waals surface area contributed by atoms with Gasteiger partial charge in [0.1, 0.15) is 4.83 Å². The number of hydrogen-bond donors (Lipinski definition) is 2. The molecule has 3 rings (SSSR count). The third-order valence-corrected chi connectivity index (χ3v) is 6.04. The van der Waals surface area contributed by atoms with Crippen LogP contribution in [0.2, 0.25) is 0 Å². The number of thioether (sulfide) groups is 1. The van der Waals surface area contributed by atoms with Gasteiger partial charge >= 0.3 is 6.09 Å². The quantitative estimate of drug-likeness (QED) is 0.520. The Kier molecular flexibility index (Phi) is 5.21. The number of amides is 2. The number of methoxy groups -OCH3 is 1. The Labute approximate surface area is 154 Å². The molecular weight excluding hydrogens is 382 g/mol. The number of fused-ring (bicyclic) bond motifs is 1. The number of thiophene rings is 2. The Morgan fingerprint density at radius 3 is 2.88 bits per heavy atom. The van der Waals surface area contributed by atoms with Gasteiger partial charge in [-0.15, -0.1) is 22.7 Å². The van der Waals surface area contributed by atoms with Crippen LogP contribution in [0.15, 0.2) is 32.8 Å². The van der Waals surface area contributed by atoms with Crippen LogP contribution < -0.4 is 10.9 Å². The Bertz CT molecular complexity index is 978. The lowest BCUT2D eigenvalue weighted by Crippen LogP contribution is -2.36. The molecule has 0 aliphatic heterocycles. The second-order valence-electron chi connectivity index (χ2n) is 4.92. The lowest BCUT2D eigenvalue weighted by molar-refractivity contribution is -0.119. The van der Waals surface area contributed by atoms with Crippen molar-refractivity contribution in [1.29, 1.82) is 0 Å². The van der Waals surface area contributed by atoms with Crippen molar-refractivity contribution in [3.63, 3.8) is 0 Å². The molecule has 0 aromatic carbocycles. The molecule has 25 heavy (non-hydrogen) atoms. The monoisotopic (exact) mass is 395 g/mol. The summed E-state index contributed by atoms with van der Waals surface area (Å²) in [7, 11) is 1.18. The third kappa shape index (κ3) is 3.75. The minimum absolute atomic E-state index is 0.252. The fourth-order valence-corrected chi connectivity index (χ4v) is 4.69. The van der Waals surface area contributed by atoms with Crippen molar-refractivity contribution in [2.75, 3.05) is 7.11 Å². The average molecular weight is 395 g/mol. The van der Waals surface area contributed by atoms with Crippen LogP contribution in [0.4, 0.5) is 4.79 Å². The fraction of sp³-hybridized carbons (Fsp3) is 0.200. The van der Waals surface area contributed by atoms with Crippen molar-refractivity contribution in [3.8, 4) is 10.4 Å². The van der Waals surface area contributed by atoms with Gasteiger partial charge in [0.25, 0.3) is 5.56 Å². The van der Waals surface area contributed by atoms with Gasteiger partial charge in [0.2, 0.25) is 5.91 Å². The molecule has 0 spiro atoms. The van der Waals surface area contributed by atoms with Crippen molar-refractivity contribution >= 4 is 56.7 Å². The smallest absolute Gasteiger partial charge is 0.413 e. The van der Waals surface area contributed by atoms with Gasteiger partial charge in [0.15, 0.2) is 5.16 Å². The Morgan fingerprint density at radius 2 is 2.20 bits per heavy atom. The summed E-state index contributed by atoms with van der Waals surface area (Å²) in [5.41, 5.74) is 0.606. The number of imide groups is 1. The first-order valence-electron chi connectivity index (χ1n) is 7.10. The molecule has 3 aromatic heterocycles. The molecular formula is C15H13N3O4S3. The molecule has 3 aromatic rings. The maximum Gasteiger partial charge on any atom is 0.413 e. The van der Waals surface area contributed by atoms with Gasteiger partial charge in [0.05, 0.1) is 17.7 Å². The first kappa shape index (κ1) is 17.6. The standard InChI is InChI=1S/C15H13N3O4S3/c1-7(11(19)17-15(21)22-2)25-14-16-12(20)10-8(6-24-13(10)18-14)9-4-3-5-23-9/h3-7H,1-2H3,(H,16,18,20)(H,17,19,21)/t7-/m1/s1. The van der Waals surface area contributed by atoms with E-state index in [0.717, 1.165) is 22.2 Å². The van der Waals surface area contributed by atoms with Gasteiger partial charge in [-0.25, -0.2) is 9.78 Å². The van der Waals surface area contributed by atoms with E-state index in [1.54, 1.807) is 18.3 Å². The highest BCUT2D eigenvalue weighted by atomic mass is 32.2. The second-order valence-corrected chi connectivity index (χ2v) is 8.05. The zero-order chi connectivity index (χ0) is 18.0. The minimum atomic E-state index is -0.826. The van der Waals surface area contributed by atoms with Crippen molar-refractivity contribution in [2.45, 2.75) is 17.3 Å². The zero-order valence-corrected chi connectivity index (χ0v) is 15.6. The number of carbonyl (C=O) groups is 2. The SMILES string of the molecule is COC(=O)NC(=O)[C@@H](C)Sc1nc2scc(-c3cccs3)c2c(=O)[nH]1. The van der Waals surface area contributed by atoms with Crippen LogP contribution in [0.3, 0.4) is 0 Å². The van der Waals surface area contributed by atoms with Crippen LogP contribution in [0.5, 0.6) is 0 Å². The summed E-state index contributed by atoms with van der Waals surface area (Å²) in [5.74, 6) is -0.523. The van der Waals surface area contributed by atoms with Crippen molar-refractivity contribution < 1.29 is 14.3 Å². The number of nitrogens with one attached hydrogen (secondary N) is 2. The molecule has 0 fully saturated rings. The highest BCUT2D eigenvalue weighted by molar-refractivity contribution is 8.00. The number of aromatic nitrogens is 2. The van der Waals surface area contributed by atoms with Crippen LogP contribution >= 0.6 is 34.4 Å². The molecule has 0 radical (unpaired) electrons. The number of aromatic amines is 1. The predicted octanol–water partition coefficient (Wildman–Crippen LogP) is 3.08. The molecule has 3 heterocycles. The highest BCUT2D eigenvalue weighted by Crippen LogP contribution is 2.34. The molecule has 2 amide bonds. The van der Waals surface area contributed by atoms with Gasteiger partial charge in [-0.1, -0.05) is 17.8 Å². The number of nitrogens with zero attached hydrogens (tertiary/aromatic N) is 1. The number of rotatable bonds is 4. The summed E-state index contributed by atoms with van der Waals surface area (Å²) in [6.45, 7) is 1.61. The predicted molar refractivity (Wildman–Crippen MR) is 99.4 cm³/mol. The number of hydrogen-bond acceptors (Lipinski definition) is 8. The Balaban J connectivity index is 1.86. The van der Waals surface area contributed by atoms with Crippen LogP contribution in [-0.2, 0) is 9.53 Å². The summed E-state index contributed by atoms with van der Waals surface area (Å²) in [4.78, 5) is 44.2. The fourth-order valence-electron chi connectivity index (χ4n) is 2.07. The van der Waals surface area contributed by atoms with Crippen molar-refractivity contribution in [3.05, 3.63) is 33.2 Å². The van der Waals surface area contributed by atoms with Gasteiger partial charge in [0, 0.05) is 15.8 Å². The van der Waals surface area contributed by atoms with Crippen molar-refractivity contribution in [1.82, 2.24) is 15.3 Å². The summed E-state index contributed by atoms with van der Waals surface area (Å²) >= 11 is 4.00. The summed E-state index contributed by atoms with van der Waals surface area (Å²) < 4.78 is 4.39. The van der Waals surface area contributed by atoms with E-state index in [1.165, 1.54) is 18.4 Å². The average Bonchev–Trinajstić information content (AvgIpc) is 3.23. The van der Waals surface area contributed by atoms with E-state index in [9.17, 15) is 14.4 Å². The molecule has 2 N–H and O–H groups in total. The molecule has 0 aliphatic rings. The van der Waals surface area contributed by atoms with E-state index < -0.39 is 17.3 Å². The number of ether oxygens (including phenoxy) is 1. The third-order valence-electron chi connectivity index (χ3n) is 3.28. The maximum atomic E-state index is 12.5. The highest BCUT2D eigenvalue weighted by Gasteiger charge is 2.20.